The third kappa shape index (κ3) is 5.69. The summed E-state index contributed by atoms with van der Waals surface area (Å²) in [4.78, 5) is 13.8. The molecule has 1 saturated heterocycles. The Hall–Kier alpha value is -3.70. The molecular formula is C34H36N2O3. The molecule has 1 N–H and O–H groups in total. The molecule has 200 valence electrons. The summed E-state index contributed by atoms with van der Waals surface area (Å²) in [7, 11) is 0. The molecule has 39 heavy (non-hydrogen) atoms. The van der Waals surface area contributed by atoms with Gasteiger partial charge in [-0.3, -0.25) is 9.69 Å². The molecule has 0 radical (unpaired) electrons. The Bertz CT molecular complexity index is 1410. The van der Waals surface area contributed by atoms with Crippen LogP contribution in [0.1, 0.15) is 54.5 Å². The van der Waals surface area contributed by atoms with Crippen LogP contribution in [-0.2, 0) is 23.2 Å². The van der Waals surface area contributed by atoms with Crippen molar-refractivity contribution in [1.82, 2.24) is 10.1 Å². The van der Waals surface area contributed by atoms with Gasteiger partial charge >= 0.3 is 5.97 Å². The lowest BCUT2D eigenvalue weighted by molar-refractivity contribution is -0.137. The van der Waals surface area contributed by atoms with Crippen molar-refractivity contribution in [3.8, 4) is 22.5 Å². The predicted octanol–water partition coefficient (Wildman–Crippen LogP) is 7.28. The summed E-state index contributed by atoms with van der Waals surface area (Å²) in [5.74, 6) is 0.815. The second-order valence-electron chi connectivity index (χ2n) is 11.5. The smallest absolute Gasteiger partial charge is 0.304 e. The Kier molecular flexibility index (Phi) is 7.09. The zero-order valence-electron chi connectivity index (χ0n) is 22.6. The zero-order valence-corrected chi connectivity index (χ0v) is 22.6. The fraction of sp³-hybridized carbons (Fsp3) is 0.353. The van der Waals surface area contributed by atoms with Gasteiger partial charge in [0.05, 0.1) is 12.1 Å². The van der Waals surface area contributed by atoms with E-state index in [4.69, 9.17) is 4.52 Å². The highest BCUT2D eigenvalue weighted by Crippen LogP contribution is 2.51. The number of aliphatic carboxylic acids is 1. The molecule has 3 aromatic carbocycles. The van der Waals surface area contributed by atoms with Crippen LogP contribution in [0.15, 0.2) is 83.4 Å². The van der Waals surface area contributed by atoms with E-state index < -0.39 is 5.97 Å². The number of aromatic nitrogens is 1. The average Bonchev–Trinajstić information content (AvgIpc) is 3.65. The molecular weight excluding hydrogens is 484 g/mol. The van der Waals surface area contributed by atoms with Gasteiger partial charge in [0, 0.05) is 23.1 Å². The SMILES string of the molecule is Cc1noc(-c2ccc(-c3ccc(C4(CC(=O)O)CC4)cc3)cc2)c1CC1CCN(Cc2ccccc2)CC1. The second-order valence-corrected chi connectivity index (χ2v) is 11.5. The number of carboxylic acids is 1. The molecule has 5 nitrogen and oxygen atoms in total. The summed E-state index contributed by atoms with van der Waals surface area (Å²) in [6.07, 6.45) is 5.52. The van der Waals surface area contributed by atoms with Gasteiger partial charge in [-0.2, -0.15) is 0 Å². The Morgan fingerprint density at radius 1 is 0.923 bits per heavy atom. The van der Waals surface area contributed by atoms with E-state index in [9.17, 15) is 9.90 Å². The first-order valence-corrected chi connectivity index (χ1v) is 14.1. The largest absolute Gasteiger partial charge is 0.481 e. The summed E-state index contributed by atoms with van der Waals surface area (Å²) >= 11 is 0. The standard InChI is InChI=1S/C34H36N2O3/c1-24-31(21-25-15-19-36(20-16-25)23-26-5-3-2-4-6-26)33(39-35-24)29-9-7-27(8-10-29)28-11-13-30(14-12-28)34(17-18-34)22-32(37)38/h2-14,25H,15-23H2,1H3,(H,37,38). The van der Waals surface area contributed by atoms with Crippen molar-refractivity contribution in [2.75, 3.05) is 13.1 Å². The van der Waals surface area contributed by atoms with E-state index in [-0.39, 0.29) is 11.8 Å². The van der Waals surface area contributed by atoms with Crippen LogP contribution in [0, 0.1) is 12.8 Å². The van der Waals surface area contributed by atoms with E-state index in [2.05, 4.69) is 95.8 Å². The van der Waals surface area contributed by atoms with Gasteiger partial charge in [0.1, 0.15) is 0 Å². The van der Waals surface area contributed by atoms with Crippen LogP contribution in [0.3, 0.4) is 0 Å². The van der Waals surface area contributed by atoms with Crippen LogP contribution in [-0.4, -0.2) is 34.2 Å². The molecule has 2 aliphatic rings. The van der Waals surface area contributed by atoms with Crippen LogP contribution in [0.4, 0.5) is 0 Å². The number of nitrogens with zero attached hydrogens (tertiary/aromatic N) is 2. The number of likely N-dealkylation sites (tertiary alicyclic amines) is 1. The monoisotopic (exact) mass is 520 g/mol. The molecule has 1 aromatic heterocycles. The van der Waals surface area contributed by atoms with Crippen LogP contribution < -0.4 is 0 Å². The highest BCUT2D eigenvalue weighted by molar-refractivity contribution is 5.72. The van der Waals surface area contributed by atoms with E-state index in [0.29, 0.717) is 5.92 Å². The molecule has 1 saturated carbocycles. The molecule has 1 aliphatic heterocycles. The second kappa shape index (κ2) is 10.8. The van der Waals surface area contributed by atoms with Gasteiger partial charge in [-0.25, -0.2) is 0 Å². The fourth-order valence-electron chi connectivity index (χ4n) is 6.17. The van der Waals surface area contributed by atoms with E-state index in [0.717, 1.165) is 72.6 Å². The molecule has 6 rings (SSSR count). The number of carboxylic acid groups (broad SMARTS) is 1. The topological polar surface area (TPSA) is 66.6 Å². The Morgan fingerprint density at radius 3 is 2.15 bits per heavy atom. The number of hydrogen-bond acceptors (Lipinski definition) is 4. The molecule has 4 aromatic rings. The van der Waals surface area contributed by atoms with Gasteiger partial charge in [-0.15, -0.1) is 0 Å². The van der Waals surface area contributed by atoms with Crippen molar-refractivity contribution in [1.29, 1.82) is 0 Å². The van der Waals surface area contributed by atoms with Crippen molar-refractivity contribution < 1.29 is 14.4 Å². The van der Waals surface area contributed by atoms with Crippen molar-refractivity contribution in [3.63, 3.8) is 0 Å². The third-order valence-corrected chi connectivity index (χ3v) is 8.75. The Labute approximate surface area is 230 Å². The minimum Gasteiger partial charge on any atom is -0.481 e. The quantitative estimate of drug-likeness (QED) is 0.251. The third-order valence-electron chi connectivity index (χ3n) is 8.75. The van der Waals surface area contributed by atoms with Gasteiger partial charge in [0.25, 0.3) is 0 Å². The van der Waals surface area contributed by atoms with Crippen molar-refractivity contribution in [2.24, 2.45) is 5.92 Å². The maximum Gasteiger partial charge on any atom is 0.304 e. The lowest BCUT2D eigenvalue weighted by Crippen LogP contribution is -2.33. The normalized spacial score (nSPS) is 17.3. The van der Waals surface area contributed by atoms with Crippen molar-refractivity contribution in [2.45, 2.75) is 57.4 Å². The first-order chi connectivity index (χ1) is 19.0. The molecule has 2 fully saturated rings. The summed E-state index contributed by atoms with van der Waals surface area (Å²) in [5, 5.41) is 13.6. The molecule has 2 heterocycles. The van der Waals surface area contributed by atoms with Gasteiger partial charge < -0.3 is 9.63 Å². The van der Waals surface area contributed by atoms with E-state index in [1.807, 2.05) is 0 Å². The summed E-state index contributed by atoms with van der Waals surface area (Å²) < 4.78 is 5.85. The number of rotatable bonds is 9. The van der Waals surface area contributed by atoms with E-state index >= 15 is 0 Å². The van der Waals surface area contributed by atoms with Gasteiger partial charge in [0.15, 0.2) is 5.76 Å². The highest BCUT2D eigenvalue weighted by Gasteiger charge is 2.45. The van der Waals surface area contributed by atoms with Gasteiger partial charge in [0.2, 0.25) is 0 Å². The average molecular weight is 521 g/mol. The Morgan fingerprint density at radius 2 is 1.54 bits per heavy atom. The van der Waals surface area contributed by atoms with E-state index in [1.165, 1.54) is 24.0 Å². The molecule has 0 amide bonds. The van der Waals surface area contributed by atoms with Crippen LogP contribution in [0.5, 0.6) is 0 Å². The Balaban J connectivity index is 1.10. The summed E-state index contributed by atoms with van der Waals surface area (Å²) in [6, 6.07) is 27.7. The molecule has 1 aliphatic carbocycles. The van der Waals surface area contributed by atoms with E-state index in [1.54, 1.807) is 0 Å². The maximum absolute atomic E-state index is 11.3. The number of benzene rings is 3. The predicted molar refractivity (Wildman–Crippen MR) is 153 cm³/mol. The molecule has 0 bridgehead atoms. The lowest BCUT2D eigenvalue weighted by atomic mass is 9.88. The van der Waals surface area contributed by atoms with Crippen molar-refractivity contribution in [3.05, 3.63) is 101 Å². The van der Waals surface area contributed by atoms with Gasteiger partial charge in [-0.1, -0.05) is 84.0 Å². The maximum atomic E-state index is 11.3. The summed E-state index contributed by atoms with van der Waals surface area (Å²) in [5.41, 5.74) is 7.92. The first kappa shape index (κ1) is 25.6. The van der Waals surface area contributed by atoms with Gasteiger partial charge in [-0.05, 0) is 80.3 Å². The van der Waals surface area contributed by atoms with Crippen molar-refractivity contribution >= 4 is 5.97 Å². The first-order valence-electron chi connectivity index (χ1n) is 14.1. The minimum absolute atomic E-state index is 0.159. The number of hydrogen-bond donors (Lipinski definition) is 1. The number of piperidine rings is 1. The lowest BCUT2D eigenvalue weighted by Gasteiger charge is -2.32. The molecule has 0 atom stereocenters. The fourth-order valence-corrected chi connectivity index (χ4v) is 6.17. The zero-order chi connectivity index (χ0) is 26.8. The minimum atomic E-state index is -0.720. The van der Waals surface area contributed by atoms with Crippen LogP contribution in [0.2, 0.25) is 0 Å². The molecule has 0 spiro atoms. The van der Waals surface area contributed by atoms with Crippen LogP contribution >= 0.6 is 0 Å². The highest BCUT2D eigenvalue weighted by atomic mass is 16.5. The summed E-state index contributed by atoms with van der Waals surface area (Å²) in [6.45, 7) is 5.34. The van der Waals surface area contributed by atoms with Crippen LogP contribution in [0.25, 0.3) is 22.5 Å². The molecule has 0 unspecified atom stereocenters. The molecule has 5 heteroatoms. The number of aryl methyl sites for hydroxylation is 1. The number of carbonyl (C=O) groups is 1.